The molecule has 0 spiro atoms. The molecule has 0 saturated heterocycles. The maximum atomic E-state index is 12.1. The average molecular weight is 314 g/mol. The number of esters is 1. The van der Waals surface area contributed by atoms with E-state index in [0.29, 0.717) is 5.75 Å². The molecule has 1 aliphatic carbocycles. The first-order chi connectivity index (χ1) is 9.36. The summed E-state index contributed by atoms with van der Waals surface area (Å²) in [6, 6.07) is 6.04. The molecule has 2 rings (SSSR count). The lowest BCUT2D eigenvalue weighted by Crippen LogP contribution is -2.13. The van der Waals surface area contributed by atoms with Crippen LogP contribution in [-0.2, 0) is 4.79 Å². The van der Waals surface area contributed by atoms with Gasteiger partial charge >= 0.3 is 5.97 Å². The molecule has 1 aromatic carbocycles. The molecule has 20 heavy (non-hydrogen) atoms. The highest BCUT2D eigenvalue weighted by Crippen LogP contribution is 2.60. The van der Waals surface area contributed by atoms with Crippen LogP contribution in [0.5, 0.6) is 5.75 Å². The lowest BCUT2D eigenvalue weighted by molar-refractivity contribution is -0.136. The standard InChI is InChI=1S/C14H13Cl2NO3/c1-14(2)10(7-11(15)16)12(14)13(18)20-9-5-3-8(17-19)4-6-9/h3-7,10,12H,1-2H3/t10-,12-/m0/s1. The Morgan fingerprint density at radius 2 is 1.90 bits per heavy atom. The van der Waals surface area contributed by atoms with Crippen molar-refractivity contribution < 1.29 is 9.53 Å². The maximum Gasteiger partial charge on any atom is 0.315 e. The molecular formula is C14H13Cl2NO3. The Balaban J connectivity index is 2.05. The fourth-order valence-corrected chi connectivity index (χ4v) is 2.60. The van der Waals surface area contributed by atoms with Crippen LogP contribution in [0.25, 0.3) is 0 Å². The van der Waals surface area contributed by atoms with Crippen molar-refractivity contribution in [1.29, 1.82) is 0 Å². The topological polar surface area (TPSA) is 55.7 Å². The number of carbonyl (C=O) groups excluding carboxylic acids is 1. The van der Waals surface area contributed by atoms with Gasteiger partial charge in [-0.15, -0.1) is 4.91 Å². The van der Waals surface area contributed by atoms with E-state index >= 15 is 0 Å². The lowest BCUT2D eigenvalue weighted by Gasteiger charge is -2.04. The molecule has 0 heterocycles. The number of hydrogen-bond donors (Lipinski definition) is 0. The van der Waals surface area contributed by atoms with Crippen molar-refractivity contribution in [3.63, 3.8) is 0 Å². The zero-order valence-electron chi connectivity index (χ0n) is 11.0. The smallest absolute Gasteiger partial charge is 0.315 e. The van der Waals surface area contributed by atoms with E-state index in [1.165, 1.54) is 24.3 Å². The number of nitroso groups, excluding NO2 is 1. The Hall–Kier alpha value is -1.39. The Morgan fingerprint density at radius 3 is 2.40 bits per heavy atom. The van der Waals surface area contributed by atoms with Gasteiger partial charge in [0.1, 0.15) is 15.9 Å². The molecule has 4 nitrogen and oxygen atoms in total. The zero-order valence-corrected chi connectivity index (χ0v) is 12.5. The predicted molar refractivity (Wildman–Crippen MR) is 78.1 cm³/mol. The number of rotatable bonds is 4. The third-order valence-corrected chi connectivity index (χ3v) is 3.88. The molecule has 0 aromatic heterocycles. The molecule has 1 saturated carbocycles. The maximum absolute atomic E-state index is 12.1. The summed E-state index contributed by atoms with van der Waals surface area (Å²) in [5.74, 6) is -0.266. The first kappa shape index (κ1) is 15.0. The van der Waals surface area contributed by atoms with Crippen molar-refractivity contribution in [3.05, 3.63) is 39.7 Å². The molecule has 0 N–H and O–H groups in total. The largest absolute Gasteiger partial charge is 0.426 e. The first-order valence-corrected chi connectivity index (χ1v) is 6.80. The van der Waals surface area contributed by atoms with Gasteiger partial charge in [0.15, 0.2) is 0 Å². The van der Waals surface area contributed by atoms with Crippen molar-refractivity contribution in [2.24, 2.45) is 22.4 Å². The Bertz CT molecular complexity index is 562. The first-order valence-electron chi connectivity index (χ1n) is 6.04. The van der Waals surface area contributed by atoms with Gasteiger partial charge in [0.2, 0.25) is 0 Å². The minimum Gasteiger partial charge on any atom is -0.426 e. The van der Waals surface area contributed by atoms with E-state index in [9.17, 15) is 9.70 Å². The lowest BCUT2D eigenvalue weighted by atomic mass is 10.1. The van der Waals surface area contributed by atoms with Crippen LogP contribution in [0.1, 0.15) is 13.8 Å². The molecule has 0 unspecified atom stereocenters. The van der Waals surface area contributed by atoms with Crippen molar-refractivity contribution >= 4 is 34.9 Å². The van der Waals surface area contributed by atoms with E-state index in [-0.39, 0.29) is 33.4 Å². The molecular weight excluding hydrogens is 301 g/mol. The van der Waals surface area contributed by atoms with E-state index in [1.807, 2.05) is 13.8 Å². The number of benzene rings is 1. The van der Waals surface area contributed by atoms with Crippen molar-refractivity contribution in [1.82, 2.24) is 0 Å². The van der Waals surface area contributed by atoms with Crippen LogP contribution in [0.3, 0.4) is 0 Å². The third kappa shape index (κ3) is 3.02. The number of allylic oxidation sites excluding steroid dienone is 1. The SMILES string of the molecule is CC1(C)[C@H](C(=O)Oc2ccc(N=O)cc2)[C@@H]1C=C(Cl)Cl. The van der Waals surface area contributed by atoms with Gasteiger partial charge in [-0.1, -0.05) is 37.0 Å². The highest BCUT2D eigenvalue weighted by molar-refractivity contribution is 6.55. The second kappa shape index (κ2) is 5.54. The number of ether oxygens (including phenoxy) is 1. The summed E-state index contributed by atoms with van der Waals surface area (Å²) in [4.78, 5) is 22.4. The van der Waals surface area contributed by atoms with Gasteiger partial charge in [0.25, 0.3) is 0 Å². The van der Waals surface area contributed by atoms with Gasteiger partial charge in [-0.3, -0.25) is 4.79 Å². The van der Waals surface area contributed by atoms with Gasteiger partial charge in [0, 0.05) is 0 Å². The quantitative estimate of drug-likeness (QED) is 0.464. The van der Waals surface area contributed by atoms with Crippen LogP contribution < -0.4 is 4.74 Å². The predicted octanol–water partition coefficient (Wildman–Crippen LogP) is 4.58. The van der Waals surface area contributed by atoms with E-state index in [2.05, 4.69) is 5.18 Å². The summed E-state index contributed by atoms with van der Waals surface area (Å²) >= 11 is 11.3. The second-order valence-corrected chi connectivity index (χ2v) is 6.30. The average Bonchev–Trinajstić information content (AvgIpc) is 2.91. The Kier molecular flexibility index (Phi) is 4.16. The number of nitrogens with zero attached hydrogens (tertiary/aromatic N) is 1. The van der Waals surface area contributed by atoms with Gasteiger partial charge in [-0.2, -0.15) is 0 Å². The summed E-state index contributed by atoms with van der Waals surface area (Å²) < 4.78 is 5.44. The molecule has 1 aliphatic rings. The zero-order chi connectivity index (χ0) is 14.9. The molecule has 0 bridgehead atoms. The molecule has 2 atom stereocenters. The summed E-state index contributed by atoms with van der Waals surface area (Å²) in [5.41, 5.74) is 0.0578. The van der Waals surface area contributed by atoms with E-state index < -0.39 is 0 Å². The third-order valence-electron chi connectivity index (χ3n) is 3.63. The van der Waals surface area contributed by atoms with E-state index in [4.69, 9.17) is 27.9 Å². The molecule has 6 heteroatoms. The fraction of sp³-hybridized carbons (Fsp3) is 0.357. The van der Waals surface area contributed by atoms with Crippen LogP contribution in [-0.4, -0.2) is 5.97 Å². The minimum atomic E-state index is -0.336. The van der Waals surface area contributed by atoms with Crippen molar-refractivity contribution in [3.8, 4) is 5.75 Å². The summed E-state index contributed by atoms with van der Waals surface area (Å²) in [6.07, 6.45) is 1.66. The van der Waals surface area contributed by atoms with Crippen LogP contribution in [0.2, 0.25) is 0 Å². The molecule has 106 valence electrons. The summed E-state index contributed by atoms with van der Waals surface area (Å²) in [7, 11) is 0. The summed E-state index contributed by atoms with van der Waals surface area (Å²) in [6.45, 7) is 3.91. The monoisotopic (exact) mass is 313 g/mol. The molecule has 0 aliphatic heterocycles. The van der Waals surface area contributed by atoms with Crippen LogP contribution >= 0.6 is 23.2 Å². The van der Waals surface area contributed by atoms with Crippen LogP contribution in [0.15, 0.2) is 40.0 Å². The minimum absolute atomic E-state index is 0.0316. The fourth-order valence-electron chi connectivity index (χ4n) is 2.33. The second-order valence-electron chi connectivity index (χ2n) is 5.29. The highest BCUT2D eigenvalue weighted by Gasteiger charge is 2.61. The Labute approximate surface area is 126 Å². The molecule has 0 radical (unpaired) electrons. The van der Waals surface area contributed by atoms with Crippen molar-refractivity contribution in [2.75, 3.05) is 0 Å². The highest BCUT2D eigenvalue weighted by atomic mass is 35.5. The Morgan fingerprint density at radius 1 is 1.30 bits per heavy atom. The number of halogens is 2. The number of carbonyl (C=O) groups is 1. The normalized spacial score (nSPS) is 22.8. The molecule has 1 fully saturated rings. The van der Waals surface area contributed by atoms with Crippen molar-refractivity contribution in [2.45, 2.75) is 13.8 Å². The summed E-state index contributed by atoms with van der Waals surface area (Å²) in [5, 5.41) is 2.78. The number of hydrogen-bond acceptors (Lipinski definition) is 4. The van der Waals surface area contributed by atoms with Gasteiger partial charge in [-0.05, 0) is 46.9 Å². The van der Waals surface area contributed by atoms with Gasteiger partial charge < -0.3 is 4.74 Å². The van der Waals surface area contributed by atoms with Gasteiger partial charge in [-0.25, -0.2) is 0 Å². The van der Waals surface area contributed by atoms with Crippen LogP contribution in [0.4, 0.5) is 5.69 Å². The van der Waals surface area contributed by atoms with Gasteiger partial charge in [0.05, 0.1) is 5.92 Å². The molecule has 1 aromatic rings. The van der Waals surface area contributed by atoms with Crippen LogP contribution in [0, 0.1) is 22.2 Å². The molecule has 0 amide bonds. The van der Waals surface area contributed by atoms with E-state index in [0.717, 1.165) is 0 Å². The van der Waals surface area contributed by atoms with E-state index in [1.54, 1.807) is 6.08 Å².